The van der Waals surface area contributed by atoms with Crippen LogP contribution in [0.15, 0.2) is 12.4 Å². The fraction of sp³-hybridized carbons (Fsp3) is 0.583. The van der Waals surface area contributed by atoms with Crippen molar-refractivity contribution in [1.82, 2.24) is 19.8 Å². The number of rotatable bonds is 5. The predicted octanol–water partition coefficient (Wildman–Crippen LogP) is 0.615. The minimum Gasteiger partial charge on any atom is -0.480 e. The lowest BCUT2D eigenvalue weighted by Crippen LogP contribution is -2.50. The lowest BCUT2D eigenvalue weighted by Gasteiger charge is -2.29. The van der Waals surface area contributed by atoms with Crippen LogP contribution >= 0.6 is 11.8 Å². The van der Waals surface area contributed by atoms with Crippen molar-refractivity contribution in [3.05, 3.63) is 18.2 Å². The first-order chi connectivity index (χ1) is 9.61. The summed E-state index contributed by atoms with van der Waals surface area (Å²) in [6, 6.07) is -1.18. The van der Waals surface area contributed by atoms with E-state index in [1.807, 2.05) is 17.0 Å². The third kappa shape index (κ3) is 3.44. The van der Waals surface area contributed by atoms with Gasteiger partial charge in [-0.25, -0.2) is 14.6 Å². The molecule has 110 valence electrons. The van der Waals surface area contributed by atoms with Crippen LogP contribution in [0.1, 0.15) is 12.2 Å². The minimum absolute atomic E-state index is 0.340. The normalized spacial score (nSPS) is 15.6. The van der Waals surface area contributed by atoms with Gasteiger partial charge in [-0.1, -0.05) is 0 Å². The van der Waals surface area contributed by atoms with Crippen LogP contribution in [-0.4, -0.2) is 56.2 Å². The number of carbonyl (C=O) groups is 2. The van der Waals surface area contributed by atoms with Crippen molar-refractivity contribution in [2.75, 3.05) is 18.6 Å². The van der Waals surface area contributed by atoms with Crippen molar-refractivity contribution in [2.24, 2.45) is 0 Å². The molecule has 0 spiro atoms. The average Bonchev–Trinajstić information content (AvgIpc) is 2.90. The summed E-state index contributed by atoms with van der Waals surface area (Å²) >= 11 is 1.56. The second-order valence-electron chi connectivity index (χ2n) is 4.58. The SMILES string of the molecule is CSCCC(NC(=O)N1CCn2ccnc2C1)C(=O)O. The molecule has 1 aliphatic heterocycles. The number of carbonyl (C=O) groups excluding carboxylic acids is 1. The molecule has 1 atom stereocenters. The van der Waals surface area contributed by atoms with E-state index in [2.05, 4.69) is 10.3 Å². The summed E-state index contributed by atoms with van der Waals surface area (Å²) in [6.45, 7) is 1.66. The van der Waals surface area contributed by atoms with E-state index >= 15 is 0 Å². The molecule has 1 aromatic heterocycles. The van der Waals surface area contributed by atoms with Gasteiger partial charge in [0, 0.05) is 25.5 Å². The Morgan fingerprint density at radius 1 is 1.55 bits per heavy atom. The molecule has 0 fully saturated rings. The Labute approximate surface area is 121 Å². The smallest absolute Gasteiger partial charge is 0.326 e. The van der Waals surface area contributed by atoms with Gasteiger partial charge in [0.25, 0.3) is 0 Å². The molecule has 7 nitrogen and oxygen atoms in total. The maximum atomic E-state index is 12.1. The van der Waals surface area contributed by atoms with Gasteiger partial charge in [-0.15, -0.1) is 0 Å². The number of hydrogen-bond acceptors (Lipinski definition) is 4. The molecule has 2 heterocycles. The van der Waals surface area contributed by atoms with Crippen LogP contribution in [0.5, 0.6) is 0 Å². The average molecular weight is 298 g/mol. The topological polar surface area (TPSA) is 87.5 Å². The number of urea groups is 1. The summed E-state index contributed by atoms with van der Waals surface area (Å²) in [5.41, 5.74) is 0. The number of thioether (sulfide) groups is 1. The number of hydrogen-bond donors (Lipinski definition) is 2. The number of nitrogens with one attached hydrogen (secondary N) is 1. The van der Waals surface area contributed by atoms with E-state index in [1.165, 1.54) is 0 Å². The van der Waals surface area contributed by atoms with Gasteiger partial charge in [-0.3, -0.25) is 0 Å². The van der Waals surface area contributed by atoms with Crippen LogP contribution in [0.25, 0.3) is 0 Å². The Kier molecular flexibility index (Phi) is 4.89. The molecule has 1 aliphatic rings. The second-order valence-corrected chi connectivity index (χ2v) is 5.57. The second kappa shape index (κ2) is 6.65. The van der Waals surface area contributed by atoms with E-state index in [0.29, 0.717) is 31.8 Å². The molecule has 2 amide bonds. The third-order valence-corrected chi connectivity index (χ3v) is 3.88. The first-order valence-corrected chi connectivity index (χ1v) is 7.78. The van der Waals surface area contributed by atoms with E-state index in [4.69, 9.17) is 5.11 Å². The number of fused-ring (bicyclic) bond motifs is 1. The first kappa shape index (κ1) is 14.7. The molecule has 0 aliphatic carbocycles. The number of aliphatic carboxylic acids is 1. The van der Waals surface area contributed by atoms with Gasteiger partial charge in [-0.2, -0.15) is 11.8 Å². The third-order valence-electron chi connectivity index (χ3n) is 3.24. The highest BCUT2D eigenvalue weighted by Gasteiger charge is 2.25. The van der Waals surface area contributed by atoms with Crippen molar-refractivity contribution >= 4 is 23.8 Å². The number of imidazole rings is 1. The van der Waals surface area contributed by atoms with Gasteiger partial charge in [0.05, 0.1) is 6.54 Å². The van der Waals surface area contributed by atoms with E-state index in [-0.39, 0.29) is 6.03 Å². The van der Waals surface area contributed by atoms with E-state index in [1.54, 1.807) is 22.9 Å². The van der Waals surface area contributed by atoms with Gasteiger partial charge >= 0.3 is 12.0 Å². The maximum Gasteiger partial charge on any atom is 0.326 e. The molecule has 2 rings (SSSR count). The highest BCUT2D eigenvalue weighted by Crippen LogP contribution is 2.11. The van der Waals surface area contributed by atoms with Crippen LogP contribution in [0.4, 0.5) is 4.79 Å². The van der Waals surface area contributed by atoms with E-state index in [9.17, 15) is 9.59 Å². The predicted molar refractivity (Wildman–Crippen MR) is 75.6 cm³/mol. The molecule has 20 heavy (non-hydrogen) atoms. The number of carboxylic acid groups (broad SMARTS) is 1. The molecule has 1 aromatic rings. The fourth-order valence-corrected chi connectivity index (χ4v) is 2.55. The number of carboxylic acids is 1. The van der Waals surface area contributed by atoms with Crippen molar-refractivity contribution in [1.29, 1.82) is 0 Å². The van der Waals surface area contributed by atoms with Crippen molar-refractivity contribution in [3.63, 3.8) is 0 Å². The zero-order valence-corrected chi connectivity index (χ0v) is 12.1. The molecule has 2 N–H and O–H groups in total. The Morgan fingerprint density at radius 3 is 3.05 bits per heavy atom. The zero-order chi connectivity index (χ0) is 14.5. The Hall–Kier alpha value is -1.70. The first-order valence-electron chi connectivity index (χ1n) is 6.39. The molecular formula is C12H18N4O3S. The molecule has 0 bridgehead atoms. The lowest BCUT2D eigenvalue weighted by molar-refractivity contribution is -0.139. The Balaban J connectivity index is 1.92. The molecule has 1 unspecified atom stereocenters. The van der Waals surface area contributed by atoms with Gasteiger partial charge in [0.1, 0.15) is 11.9 Å². The molecule has 0 radical (unpaired) electrons. The van der Waals surface area contributed by atoms with Crippen molar-refractivity contribution < 1.29 is 14.7 Å². The lowest BCUT2D eigenvalue weighted by atomic mass is 10.2. The largest absolute Gasteiger partial charge is 0.480 e. The van der Waals surface area contributed by atoms with E-state index < -0.39 is 12.0 Å². The number of aromatic nitrogens is 2. The number of amides is 2. The summed E-state index contributed by atoms with van der Waals surface area (Å²) in [6.07, 6.45) is 5.91. The quantitative estimate of drug-likeness (QED) is 0.832. The van der Waals surface area contributed by atoms with E-state index in [0.717, 1.165) is 5.82 Å². The summed E-state index contributed by atoms with van der Waals surface area (Å²) in [4.78, 5) is 29.0. The summed E-state index contributed by atoms with van der Waals surface area (Å²) in [5, 5.41) is 11.7. The molecule has 0 saturated heterocycles. The minimum atomic E-state index is -0.995. The van der Waals surface area contributed by atoms with Gasteiger partial charge in [0.15, 0.2) is 0 Å². The van der Waals surface area contributed by atoms with Crippen LogP contribution < -0.4 is 5.32 Å². The summed E-state index contributed by atoms with van der Waals surface area (Å²) in [5.74, 6) is 0.523. The molecular weight excluding hydrogens is 280 g/mol. The highest BCUT2D eigenvalue weighted by molar-refractivity contribution is 7.98. The Bertz CT molecular complexity index is 491. The fourth-order valence-electron chi connectivity index (χ4n) is 2.08. The maximum absolute atomic E-state index is 12.1. The molecule has 0 saturated carbocycles. The Morgan fingerprint density at radius 2 is 2.35 bits per heavy atom. The van der Waals surface area contributed by atoms with Crippen LogP contribution in [0.3, 0.4) is 0 Å². The highest BCUT2D eigenvalue weighted by atomic mass is 32.2. The standard InChI is InChI=1S/C12H18N4O3S/c1-20-7-2-9(11(17)18)14-12(19)16-6-5-15-4-3-13-10(15)8-16/h3-4,9H,2,5-8H2,1H3,(H,14,19)(H,17,18). The number of nitrogens with zero attached hydrogens (tertiary/aromatic N) is 3. The van der Waals surface area contributed by atoms with Crippen molar-refractivity contribution in [2.45, 2.75) is 25.6 Å². The van der Waals surface area contributed by atoms with Crippen LogP contribution in [0, 0.1) is 0 Å². The van der Waals surface area contributed by atoms with Crippen LogP contribution in [0.2, 0.25) is 0 Å². The molecule has 0 aromatic carbocycles. The van der Waals surface area contributed by atoms with Crippen LogP contribution in [-0.2, 0) is 17.9 Å². The van der Waals surface area contributed by atoms with Gasteiger partial charge < -0.3 is 19.9 Å². The van der Waals surface area contributed by atoms with Gasteiger partial charge in [-0.05, 0) is 18.4 Å². The summed E-state index contributed by atoms with van der Waals surface area (Å²) in [7, 11) is 0. The summed E-state index contributed by atoms with van der Waals surface area (Å²) < 4.78 is 1.99. The van der Waals surface area contributed by atoms with Gasteiger partial charge in [0.2, 0.25) is 0 Å². The molecule has 8 heteroatoms. The van der Waals surface area contributed by atoms with Crippen molar-refractivity contribution in [3.8, 4) is 0 Å². The monoisotopic (exact) mass is 298 g/mol. The zero-order valence-electron chi connectivity index (χ0n) is 11.3.